The lowest BCUT2D eigenvalue weighted by Gasteiger charge is -2.27. The third-order valence-electron chi connectivity index (χ3n) is 3.14. The third-order valence-corrected chi connectivity index (χ3v) is 4.27. The summed E-state index contributed by atoms with van der Waals surface area (Å²) in [6.07, 6.45) is 1.93. The molecule has 0 fully saturated rings. The zero-order valence-corrected chi connectivity index (χ0v) is 12.6. The monoisotopic (exact) mass is 256 g/mol. The van der Waals surface area contributed by atoms with Gasteiger partial charge in [0.05, 0.1) is 17.3 Å². The number of hydrogen-bond donors (Lipinski definition) is 1. The van der Waals surface area contributed by atoms with Gasteiger partial charge in [0.1, 0.15) is 5.01 Å². The Balaban J connectivity index is 2.86. The number of ether oxygens (including phenoxy) is 1. The van der Waals surface area contributed by atoms with Gasteiger partial charge in [0.15, 0.2) is 0 Å². The average Bonchev–Trinajstić information content (AvgIpc) is 2.67. The Kier molecular flexibility index (Phi) is 5.10. The molecule has 98 valence electrons. The van der Waals surface area contributed by atoms with E-state index in [4.69, 9.17) is 9.72 Å². The summed E-state index contributed by atoms with van der Waals surface area (Å²) in [4.78, 5) is 6.05. The molecule has 1 aromatic rings. The van der Waals surface area contributed by atoms with E-state index < -0.39 is 0 Å². The van der Waals surface area contributed by atoms with Crippen molar-refractivity contribution >= 4 is 11.3 Å². The molecular weight excluding hydrogens is 232 g/mol. The van der Waals surface area contributed by atoms with Crippen molar-refractivity contribution in [2.24, 2.45) is 0 Å². The molecule has 1 heterocycles. The second-order valence-electron chi connectivity index (χ2n) is 4.92. The molecule has 1 atom stereocenters. The number of nitrogens with one attached hydrogen (secondary N) is 1. The molecule has 0 aliphatic carbocycles. The summed E-state index contributed by atoms with van der Waals surface area (Å²) < 4.78 is 5.49. The molecule has 0 saturated heterocycles. The van der Waals surface area contributed by atoms with Crippen LogP contribution >= 0.6 is 11.3 Å². The van der Waals surface area contributed by atoms with Crippen LogP contribution in [0.15, 0.2) is 0 Å². The Hall–Kier alpha value is -0.450. The smallest absolute Gasteiger partial charge is 0.110 e. The number of methoxy groups -OCH3 is 1. The van der Waals surface area contributed by atoms with Gasteiger partial charge in [-0.05, 0) is 40.7 Å². The topological polar surface area (TPSA) is 34.1 Å². The van der Waals surface area contributed by atoms with Crippen molar-refractivity contribution in [3.63, 3.8) is 0 Å². The molecule has 0 aliphatic rings. The van der Waals surface area contributed by atoms with E-state index in [0.29, 0.717) is 0 Å². The fourth-order valence-electron chi connectivity index (χ4n) is 1.82. The van der Waals surface area contributed by atoms with E-state index in [2.05, 4.69) is 33.0 Å². The average molecular weight is 256 g/mol. The first kappa shape index (κ1) is 14.6. The fraction of sp³-hybridized carbons (Fsp3) is 0.769. The summed E-state index contributed by atoms with van der Waals surface area (Å²) in [6, 6.07) is 0.272. The van der Waals surface area contributed by atoms with Gasteiger partial charge in [0, 0.05) is 12.0 Å². The Morgan fingerprint density at radius 2 is 2.12 bits per heavy atom. The Morgan fingerprint density at radius 3 is 2.53 bits per heavy atom. The zero-order valence-electron chi connectivity index (χ0n) is 11.8. The molecule has 1 N–H and O–H groups in total. The predicted molar refractivity (Wildman–Crippen MR) is 73.7 cm³/mol. The minimum absolute atomic E-state index is 0.125. The maximum Gasteiger partial charge on any atom is 0.110 e. The van der Waals surface area contributed by atoms with E-state index in [-0.39, 0.29) is 11.6 Å². The second-order valence-corrected chi connectivity index (χ2v) is 6.15. The normalized spacial score (nSPS) is 14.0. The molecule has 0 aromatic carbocycles. The lowest BCUT2D eigenvalue weighted by Crippen LogP contribution is -2.30. The quantitative estimate of drug-likeness (QED) is 0.849. The van der Waals surface area contributed by atoms with Crippen LogP contribution in [0.3, 0.4) is 0 Å². The van der Waals surface area contributed by atoms with Crippen LogP contribution in [0.2, 0.25) is 0 Å². The lowest BCUT2D eigenvalue weighted by molar-refractivity contribution is 0.00742. The highest BCUT2D eigenvalue weighted by atomic mass is 32.1. The standard InChI is InChI=1S/C13H24N2OS/c1-7-10-9(2)17-12(15-10)11(14-5)8-13(3,4)16-6/h11,14H,7-8H2,1-6H3. The van der Waals surface area contributed by atoms with Crippen molar-refractivity contribution < 1.29 is 4.74 Å². The highest BCUT2D eigenvalue weighted by Gasteiger charge is 2.25. The molecular formula is C13H24N2OS. The van der Waals surface area contributed by atoms with Crippen molar-refractivity contribution in [2.45, 2.75) is 52.2 Å². The van der Waals surface area contributed by atoms with Gasteiger partial charge in [-0.15, -0.1) is 11.3 Å². The lowest BCUT2D eigenvalue weighted by atomic mass is 9.99. The molecule has 1 unspecified atom stereocenters. The van der Waals surface area contributed by atoms with Crippen LogP contribution in [0.4, 0.5) is 0 Å². The van der Waals surface area contributed by atoms with Crippen LogP contribution in [0, 0.1) is 6.92 Å². The van der Waals surface area contributed by atoms with Crippen LogP contribution in [0.25, 0.3) is 0 Å². The highest BCUT2D eigenvalue weighted by Crippen LogP contribution is 2.30. The molecule has 0 bridgehead atoms. The first-order valence-electron chi connectivity index (χ1n) is 6.12. The molecule has 3 nitrogen and oxygen atoms in total. The van der Waals surface area contributed by atoms with E-state index in [1.54, 1.807) is 18.4 Å². The Bertz CT molecular complexity index is 360. The molecule has 1 aromatic heterocycles. The maximum absolute atomic E-state index is 5.49. The minimum Gasteiger partial charge on any atom is -0.379 e. The van der Waals surface area contributed by atoms with E-state index in [1.165, 1.54) is 15.6 Å². The summed E-state index contributed by atoms with van der Waals surface area (Å²) >= 11 is 1.79. The van der Waals surface area contributed by atoms with Gasteiger partial charge in [-0.25, -0.2) is 4.98 Å². The predicted octanol–water partition coefficient (Wildman–Crippen LogP) is 3.09. The largest absolute Gasteiger partial charge is 0.379 e. The highest BCUT2D eigenvalue weighted by molar-refractivity contribution is 7.11. The van der Waals surface area contributed by atoms with Gasteiger partial charge in [-0.3, -0.25) is 0 Å². The molecule has 0 spiro atoms. The Labute approximate surface area is 109 Å². The van der Waals surface area contributed by atoms with Crippen LogP contribution in [-0.4, -0.2) is 24.7 Å². The first-order chi connectivity index (χ1) is 7.93. The molecule has 0 radical (unpaired) electrons. The maximum atomic E-state index is 5.49. The zero-order chi connectivity index (χ0) is 13.1. The van der Waals surface area contributed by atoms with Gasteiger partial charge in [0.2, 0.25) is 0 Å². The van der Waals surface area contributed by atoms with E-state index >= 15 is 0 Å². The summed E-state index contributed by atoms with van der Waals surface area (Å²) in [5.74, 6) is 0. The molecule has 0 saturated carbocycles. The van der Waals surface area contributed by atoms with Gasteiger partial charge < -0.3 is 10.1 Å². The second kappa shape index (κ2) is 5.94. The van der Waals surface area contributed by atoms with Crippen molar-refractivity contribution in [3.8, 4) is 0 Å². The number of nitrogens with zero attached hydrogens (tertiary/aromatic N) is 1. The van der Waals surface area contributed by atoms with Crippen LogP contribution in [-0.2, 0) is 11.2 Å². The number of thiazole rings is 1. The van der Waals surface area contributed by atoms with Gasteiger partial charge in [0.25, 0.3) is 0 Å². The number of aromatic nitrogens is 1. The summed E-state index contributed by atoms with van der Waals surface area (Å²) in [7, 11) is 3.75. The Morgan fingerprint density at radius 1 is 1.47 bits per heavy atom. The van der Waals surface area contributed by atoms with Crippen molar-refractivity contribution in [2.75, 3.05) is 14.2 Å². The summed E-state index contributed by atoms with van der Waals surface area (Å²) in [6.45, 7) is 8.52. The van der Waals surface area contributed by atoms with Crippen LogP contribution in [0.5, 0.6) is 0 Å². The number of rotatable bonds is 6. The van der Waals surface area contributed by atoms with Crippen molar-refractivity contribution in [1.82, 2.24) is 10.3 Å². The molecule has 1 rings (SSSR count). The molecule has 4 heteroatoms. The van der Waals surface area contributed by atoms with Crippen molar-refractivity contribution in [3.05, 3.63) is 15.6 Å². The van der Waals surface area contributed by atoms with E-state index in [0.717, 1.165) is 12.8 Å². The summed E-state index contributed by atoms with van der Waals surface area (Å²) in [5, 5.41) is 4.51. The van der Waals surface area contributed by atoms with Gasteiger partial charge >= 0.3 is 0 Å². The molecule has 0 amide bonds. The third kappa shape index (κ3) is 3.76. The molecule has 0 aliphatic heterocycles. The first-order valence-corrected chi connectivity index (χ1v) is 6.93. The summed E-state index contributed by atoms with van der Waals surface area (Å²) in [5.41, 5.74) is 1.10. The number of aryl methyl sites for hydroxylation is 2. The fourth-order valence-corrected chi connectivity index (χ4v) is 2.94. The van der Waals surface area contributed by atoms with Gasteiger partial charge in [-0.1, -0.05) is 6.92 Å². The van der Waals surface area contributed by atoms with Crippen LogP contribution in [0.1, 0.15) is 48.8 Å². The van der Waals surface area contributed by atoms with Crippen LogP contribution < -0.4 is 5.32 Å². The molecule has 17 heavy (non-hydrogen) atoms. The van der Waals surface area contributed by atoms with Gasteiger partial charge in [-0.2, -0.15) is 0 Å². The van der Waals surface area contributed by atoms with E-state index in [1.807, 2.05) is 7.05 Å². The van der Waals surface area contributed by atoms with Crippen molar-refractivity contribution in [1.29, 1.82) is 0 Å². The van der Waals surface area contributed by atoms with E-state index in [9.17, 15) is 0 Å². The number of hydrogen-bond acceptors (Lipinski definition) is 4. The minimum atomic E-state index is -0.125. The SMILES string of the molecule is CCc1nc(C(CC(C)(C)OC)NC)sc1C.